The zero-order chi connectivity index (χ0) is 9.71. The van der Waals surface area contributed by atoms with E-state index in [-0.39, 0.29) is 12.4 Å². The Kier molecular flexibility index (Phi) is 1.30. The van der Waals surface area contributed by atoms with Gasteiger partial charge in [-0.3, -0.25) is 0 Å². The Bertz CT molecular complexity index is 425. The molecule has 1 N–H and O–H groups in total. The predicted octanol–water partition coefficient (Wildman–Crippen LogP) is 0.577. The Hall–Kier alpha value is -1.75. The number of esters is 1. The molecule has 14 heavy (non-hydrogen) atoms. The number of rotatable bonds is 0. The molecule has 0 aromatic heterocycles. The van der Waals surface area contributed by atoms with Gasteiger partial charge in [0.15, 0.2) is 11.5 Å². The second-order valence-electron chi connectivity index (χ2n) is 3.02. The van der Waals surface area contributed by atoms with E-state index in [2.05, 4.69) is 4.74 Å². The van der Waals surface area contributed by atoms with Crippen LogP contribution in [0.25, 0.3) is 0 Å². The van der Waals surface area contributed by atoms with Crippen molar-refractivity contribution in [2.75, 3.05) is 6.79 Å². The third-order valence-corrected chi connectivity index (χ3v) is 2.26. The lowest BCUT2D eigenvalue weighted by atomic mass is 10.1. The number of cyclic esters (lactones) is 1. The van der Waals surface area contributed by atoms with Gasteiger partial charge >= 0.3 is 5.97 Å². The number of ether oxygens (including phenoxy) is 3. The molecule has 2 aliphatic heterocycles. The van der Waals surface area contributed by atoms with E-state index >= 15 is 0 Å². The fourth-order valence-electron chi connectivity index (χ4n) is 1.63. The molecular weight excluding hydrogens is 188 g/mol. The largest absolute Gasteiger partial charge is 0.454 e. The standard InChI is InChI=1S/C9H6O5/c10-8-4-1-2-5-7(13-3-12-5)6(4)9(11)14-8/h1-2,8,10H,3H2/t8-/m0/s1. The average molecular weight is 194 g/mol. The highest BCUT2D eigenvalue weighted by Gasteiger charge is 2.36. The first-order valence-corrected chi connectivity index (χ1v) is 4.09. The highest BCUT2D eigenvalue weighted by Crippen LogP contribution is 2.43. The fraction of sp³-hybridized carbons (Fsp3) is 0.222. The normalized spacial score (nSPS) is 22.1. The zero-order valence-corrected chi connectivity index (χ0v) is 7.02. The van der Waals surface area contributed by atoms with Crippen molar-refractivity contribution in [1.82, 2.24) is 0 Å². The van der Waals surface area contributed by atoms with Gasteiger partial charge in [0, 0.05) is 5.56 Å². The molecule has 0 bridgehead atoms. The van der Waals surface area contributed by atoms with Gasteiger partial charge < -0.3 is 19.3 Å². The average Bonchev–Trinajstić information content (AvgIpc) is 2.71. The van der Waals surface area contributed by atoms with Crippen LogP contribution in [-0.4, -0.2) is 17.9 Å². The van der Waals surface area contributed by atoms with Gasteiger partial charge in [-0.1, -0.05) is 0 Å². The molecule has 5 nitrogen and oxygen atoms in total. The molecule has 2 heterocycles. The molecule has 0 saturated heterocycles. The van der Waals surface area contributed by atoms with Crippen molar-refractivity contribution in [2.45, 2.75) is 6.29 Å². The van der Waals surface area contributed by atoms with Crippen molar-refractivity contribution in [3.63, 3.8) is 0 Å². The van der Waals surface area contributed by atoms with E-state index < -0.39 is 12.3 Å². The lowest BCUT2D eigenvalue weighted by molar-refractivity contribution is -0.0547. The maximum atomic E-state index is 11.3. The second kappa shape index (κ2) is 2.39. The Balaban J connectivity index is 2.28. The van der Waals surface area contributed by atoms with Crippen LogP contribution in [0.3, 0.4) is 0 Å². The molecule has 2 aliphatic rings. The maximum absolute atomic E-state index is 11.3. The quantitative estimate of drug-likeness (QED) is 0.612. The zero-order valence-electron chi connectivity index (χ0n) is 7.02. The van der Waals surface area contributed by atoms with E-state index in [9.17, 15) is 9.90 Å². The van der Waals surface area contributed by atoms with Crippen molar-refractivity contribution < 1.29 is 24.1 Å². The summed E-state index contributed by atoms with van der Waals surface area (Å²) in [7, 11) is 0. The van der Waals surface area contributed by atoms with Crippen LogP contribution in [0.15, 0.2) is 12.1 Å². The Morgan fingerprint density at radius 1 is 1.36 bits per heavy atom. The van der Waals surface area contributed by atoms with E-state index in [1.165, 1.54) is 0 Å². The minimum atomic E-state index is -1.19. The van der Waals surface area contributed by atoms with Crippen LogP contribution >= 0.6 is 0 Å². The summed E-state index contributed by atoms with van der Waals surface area (Å²) in [4.78, 5) is 11.3. The lowest BCUT2D eigenvalue weighted by Crippen LogP contribution is -1.98. The molecule has 1 aromatic rings. The molecule has 3 rings (SSSR count). The lowest BCUT2D eigenvalue weighted by Gasteiger charge is -2.01. The van der Waals surface area contributed by atoms with Gasteiger partial charge in [0.25, 0.3) is 0 Å². The van der Waals surface area contributed by atoms with Crippen molar-refractivity contribution in [1.29, 1.82) is 0 Å². The van der Waals surface area contributed by atoms with Crippen molar-refractivity contribution in [2.24, 2.45) is 0 Å². The van der Waals surface area contributed by atoms with E-state index in [0.29, 0.717) is 17.1 Å². The molecule has 0 spiro atoms. The van der Waals surface area contributed by atoms with E-state index in [1.807, 2.05) is 0 Å². The molecule has 0 unspecified atom stereocenters. The van der Waals surface area contributed by atoms with Crippen LogP contribution in [0.1, 0.15) is 22.2 Å². The topological polar surface area (TPSA) is 65.0 Å². The van der Waals surface area contributed by atoms with Crippen LogP contribution in [0.4, 0.5) is 0 Å². The van der Waals surface area contributed by atoms with E-state index in [1.54, 1.807) is 12.1 Å². The molecule has 72 valence electrons. The number of hydrogen-bond donors (Lipinski definition) is 1. The van der Waals surface area contributed by atoms with E-state index in [4.69, 9.17) is 9.47 Å². The minimum Gasteiger partial charge on any atom is -0.454 e. The molecule has 1 atom stereocenters. The molecule has 0 saturated carbocycles. The number of aliphatic hydroxyl groups is 1. The number of carbonyl (C=O) groups excluding carboxylic acids is 1. The smallest absolute Gasteiger partial charge is 0.345 e. The van der Waals surface area contributed by atoms with Crippen LogP contribution in [0.2, 0.25) is 0 Å². The predicted molar refractivity (Wildman–Crippen MR) is 42.9 cm³/mol. The van der Waals surface area contributed by atoms with Gasteiger partial charge in [-0.25, -0.2) is 4.79 Å². The van der Waals surface area contributed by atoms with Gasteiger partial charge in [0.1, 0.15) is 5.56 Å². The Labute approximate surface area is 78.8 Å². The van der Waals surface area contributed by atoms with Crippen LogP contribution in [0, 0.1) is 0 Å². The second-order valence-corrected chi connectivity index (χ2v) is 3.02. The van der Waals surface area contributed by atoms with Gasteiger partial charge in [0.2, 0.25) is 13.1 Å². The van der Waals surface area contributed by atoms with Gasteiger partial charge in [-0.2, -0.15) is 0 Å². The summed E-state index contributed by atoms with van der Waals surface area (Å²) in [6.45, 7) is 0.0924. The van der Waals surface area contributed by atoms with Gasteiger partial charge in [0.05, 0.1) is 0 Å². The molecule has 0 aliphatic carbocycles. The monoisotopic (exact) mass is 194 g/mol. The van der Waals surface area contributed by atoms with Crippen molar-refractivity contribution in [3.05, 3.63) is 23.3 Å². The Morgan fingerprint density at radius 2 is 2.21 bits per heavy atom. The minimum absolute atomic E-state index is 0.0924. The van der Waals surface area contributed by atoms with E-state index in [0.717, 1.165) is 0 Å². The van der Waals surface area contributed by atoms with Crippen LogP contribution in [-0.2, 0) is 4.74 Å². The molecular formula is C9H6O5. The summed E-state index contributed by atoms with van der Waals surface area (Å²) >= 11 is 0. The molecule has 0 fully saturated rings. The molecule has 0 amide bonds. The SMILES string of the molecule is O=C1O[C@H](O)c2ccc3c(c21)OCO3. The summed E-state index contributed by atoms with van der Waals surface area (Å²) in [6.07, 6.45) is -1.19. The molecule has 5 heteroatoms. The summed E-state index contributed by atoms with van der Waals surface area (Å²) in [6, 6.07) is 3.24. The first kappa shape index (κ1) is 7.64. The summed E-state index contributed by atoms with van der Waals surface area (Å²) in [5, 5.41) is 9.34. The molecule has 1 aromatic carbocycles. The van der Waals surface area contributed by atoms with Gasteiger partial charge in [-0.15, -0.1) is 0 Å². The first-order chi connectivity index (χ1) is 6.77. The third-order valence-electron chi connectivity index (χ3n) is 2.26. The van der Waals surface area contributed by atoms with Gasteiger partial charge in [-0.05, 0) is 12.1 Å². The number of aliphatic hydroxyl groups excluding tert-OH is 1. The number of carbonyl (C=O) groups is 1. The number of fused-ring (bicyclic) bond motifs is 3. The van der Waals surface area contributed by atoms with Crippen LogP contribution < -0.4 is 9.47 Å². The highest BCUT2D eigenvalue weighted by atomic mass is 16.7. The van der Waals surface area contributed by atoms with Crippen LogP contribution in [0.5, 0.6) is 11.5 Å². The Morgan fingerprint density at radius 3 is 3.07 bits per heavy atom. The third kappa shape index (κ3) is 0.793. The summed E-state index contributed by atoms with van der Waals surface area (Å²) in [5.74, 6) is 0.300. The number of hydrogen-bond acceptors (Lipinski definition) is 5. The fourth-order valence-corrected chi connectivity index (χ4v) is 1.63. The van der Waals surface area contributed by atoms with Crippen molar-refractivity contribution in [3.8, 4) is 11.5 Å². The maximum Gasteiger partial charge on any atom is 0.345 e. The summed E-state index contributed by atoms with van der Waals surface area (Å²) in [5.41, 5.74) is 0.701. The molecule has 0 radical (unpaired) electrons. The first-order valence-electron chi connectivity index (χ1n) is 4.09. The van der Waals surface area contributed by atoms with Crippen molar-refractivity contribution >= 4 is 5.97 Å². The summed E-state index contributed by atoms with van der Waals surface area (Å²) < 4.78 is 14.9. The highest BCUT2D eigenvalue weighted by molar-refractivity contribution is 5.97. The number of benzene rings is 1.